The summed E-state index contributed by atoms with van der Waals surface area (Å²) in [6.45, 7) is 1.63. The first-order valence-corrected chi connectivity index (χ1v) is 8.82. The summed E-state index contributed by atoms with van der Waals surface area (Å²) in [6, 6.07) is 6.94. The van der Waals surface area contributed by atoms with Gasteiger partial charge >= 0.3 is 0 Å². The molecule has 1 aromatic carbocycles. The van der Waals surface area contributed by atoms with Gasteiger partial charge in [0.05, 0.1) is 12.7 Å². The number of rotatable bonds is 5. The van der Waals surface area contributed by atoms with Gasteiger partial charge in [-0.25, -0.2) is 0 Å². The average Bonchev–Trinajstić information content (AvgIpc) is 3.05. The Kier molecular flexibility index (Phi) is 5.58. The lowest BCUT2D eigenvalue weighted by Crippen LogP contribution is -2.53. The number of amides is 2. The number of nitrogens with zero attached hydrogens (tertiary/aromatic N) is 4. The van der Waals surface area contributed by atoms with Crippen molar-refractivity contribution in [1.29, 1.82) is 0 Å². The van der Waals surface area contributed by atoms with Gasteiger partial charge in [0, 0.05) is 43.5 Å². The highest BCUT2D eigenvalue weighted by Gasteiger charge is 2.31. The lowest BCUT2D eigenvalue weighted by molar-refractivity contribution is -0.146. The van der Waals surface area contributed by atoms with Crippen LogP contribution in [0.15, 0.2) is 36.7 Å². The number of aromatic nitrogens is 2. The Balaban J connectivity index is 1.63. The highest BCUT2D eigenvalue weighted by molar-refractivity contribution is 6.30. The van der Waals surface area contributed by atoms with E-state index in [0.29, 0.717) is 24.7 Å². The van der Waals surface area contributed by atoms with Gasteiger partial charge in [-0.1, -0.05) is 23.7 Å². The number of piperazine rings is 1. The minimum Gasteiger partial charge on any atom is -0.335 e. The summed E-state index contributed by atoms with van der Waals surface area (Å²) in [5.41, 5.74) is 1.81. The number of nitrogens with one attached hydrogen (secondary N) is 1. The van der Waals surface area contributed by atoms with Gasteiger partial charge < -0.3 is 15.1 Å². The molecule has 0 saturated carbocycles. The number of carbonyl (C=O) groups excluding carboxylic acids is 2. The minimum atomic E-state index is -0.501. The molecule has 0 aliphatic carbocycles. The van der Waals surface area contributed by atoms with Crippen molar-refractivity contribution in [1.82, 2.24) is 24.9 Å². The van der Waals surface area contributed by atoms with Crippen LogP contribution in [0.1, 0.15) is 17.2 Å². The molecule has 3 rings (SSSR count). The quantitative estimate of drug-likeness (QED) is 0.852. The van der Waals surface area contributed by atoms with E-state index >= 15 is 0 Å². The van der Waals surface area contributed by atoms with Gasteiger partial charge in [0.25, 0.3) is 0 Å². The molecule has 1 unspecified atom stereocenters. The number of benzene rings is 1. The summed E-state index contributed by atoms with van der Waals surface area (Å²) in [5, 5.41) is 7.80. The molecule has 0 bridgehead atoms. The molecule has 7 nitrogen and oxygen atoms in total. The monoisotopic (exact) mass is 375 g/mol. The summed E-state index contributed by atoms with van der Waals surface area (Å²) < 4.78 is 1.65. The maximum absolute atomic E-state index is 12.8. The van der Waals surface area contributed by atoms with Crippen LogP contribution in [0.4, 0.5) is 0 Å². The molecule has 1 aliphatic rings. The maximum atomic E-state index is 12.8. The number of carbonyl (C=O) groups is 2. The lowest BCUT2D eigenvalue weighted by Gasteiger charge is -2.36. The third kappa shape index (κ3) is 4.05. The zero-order valence-electron chi connectivity index (χ0n) is 14.9. The van der Waals surface area contributed by atoms with Crippen LogP contribution in [0.2, 0.25) is 5.02 Å². The Hall–Kier alpha value is -2.38. The molecule has 1 aromatic heterocycles. The van der Waals surface area contributed by atoms with E-state index in [2.05, 4.69) is 10.4 Å². The van der Waals surface area contributed by atoms with E-state index in [4.69, 9.17) is 11.6 Å². The second-order valence-electron chi connectivity index (χ2n) is 6.37. The van der Waals surface area contributed by atoms with Crippen molar-refractivity contribution < 1.29 is 9.59 Å². The summed E-state index contributed by atoms with van der Waals surface area (Å²) in [5.74, 6) is -0.166. The number of hydrogen-bond donors (Lipinski definition) is 1. The van der Waals surface area contributed by atoms with Gasteiger partial charge in [0.15, 0.2) is 0 Å². The summed E-state index contributed by atoms with van der Waals surface area (Å²) in [7, 11) is 3.54. The Morgan fingerprint density at radius 2 is 2.04 bits per heavy atom. The molecule has 2 amide bonds. The fourth-order valence-electron chi connectivity index (χ4n) is 3.08. The highest BCUT2D eigenvalue weighted by atomic mass is 35.5. The van der Waals surface area contributed by atoms with Gasteiger partial charge in [0.2, 0.25) is 11.8 Å². The predicted octanol–water partition coefficient (Wildman–Crippen LogP) is 1.20. The molecule has 2 heterocycles. The second kappa shape index (κ2) is 7.88. The first-order chi connectivity index (χ1) is 12.5. The van der Waals surface area contributed by atoms with Gasteiger partial charge in [-0.05, 0) is 24.7 Å². The van der Waals surface area contributed by atoms with Crippen molar-refractivity contribution in [3.63, 3.8) is 0 Å². The van der Waals surface area contributed by atoms with Gasteiger partial charge in [-0.2, -0.15) is 5.10 Å². The van der Waals surface area contributed by atoms with Gasteiger partial charge in [0.1, 0.15) is 6.04 Å². The molecule has 1 N–H and O–H groups in total. The minimum absolute atomic E-state index is 0.0550. The highest BCUT2D eigenvalue weighted by Crippen LogP contribution is 2.18. The molecule has 26 heavy (non-hydrogen) atoms. The van der Waals surface area contributed by atoms with E-state index in [9.17, 15) is 9.59 Å². The molecule has 1 atom stereocenters. The molecular formula is C18H22ClN5O2. The summed E-state index contributed by atoms with van der Waals surface area (Å²) in [6.07, 6.45) is 3.47. The first kappa shape index (κ1) is 18.4. The molecule has 1 saturated heterocycles. The third-order valence-electron chi connectivity index (χ3n) is 4.51. The zero-order valence-corrected chi connectivity index (χ0v) is 15.6. The number of halogens is 1. The zero-order chi connectivity index (χ0) is 18.7. The Labute approximate surface area is 157 Å². The van der Waals surface area contributed by atoms with E-state index in [1.54, 1.807) is 41.0 Å². The van der Waals surface area contributed by atoms with Crippen LogP contribution >= 0.6 is 11.6 Å². The molecular weight excluding hydrogens is 354 g/mol. The molecule has 1 fully saturated rings. The fourth-order valence-corrected chi connectivity index (χ4v) is 3.20. The summed E-state index contributed by atoms with van der Waals surface area (Å²) >= 11 is 5.90. The SMILES string of the molecule is CNC(C(=O)N1CCN(Cc2ccc(Cl)cc2)C(=O)C1)c1cnn(C)c1. The van der Waals surface area contributed by atoms with Crippen molar-refractivity contribution in [2.75, 3.05) is 26.7 Å². The van der Waals surface area contributed by atoms with Gasteiger partial charge in [-0.15, -0.1) is 0 Å². The van der Waals surface area contributed by atoms with Crippen LogP contribution in [0.3, 0.4) is 0 Å². The van der Waals surface area contributed by atoms with Crippen LogP contribution in [-0.4, -0.2) is 58.1 Å². The topological polar surface area (TPSA) is 70.5 Å². The summed E-state index contributed by atoms with van der Waals surface area (Å²) in [4.78, 5) is 28.7. The second-order valence-corrected chi connectivity index (χ2v) is 6.81. The van der Waals surface area contributed by atoms with E-state index in [-0.39, 0.29) is 18.4 Å². The van der Waals surface area contributed by atoms with Crippen molar-refractivity contribution in [3.05, 3.63) is 52.8 Å². The Morgan fingerprint density at radius 1 is 1.31 bits per heavy atom. The van der Waals surface area contributed by atoms with Crippen LogP contribution in [0.5, 0.6) is 0 Å². The van der Waals surface area contributed by atoms with Crippen LogP contribution in [0.25, 0.3) is 0 Å². The van der Waals surface area contributed by atoms with Crippen LogP contribution < -0.4 is 5.32 Å². The van der Waals surface area contributed by atoms with Crippen molar-refractivity contribution in [3.8, 4) is 0 Å². The number of aryl methyl sites for hydroxylation is 1. The Morgan fingerprint density at radius 3 is 2.62 bits per heavy atom. The van der Waals surface area contributed by atoms with E-state index in [0.717, 1.165) is 11.1 Å². The molecule has 138 valence electrons. The normalized spacial score (nSPS) is 16.0. The van der Waals surface area contributed by atoms with Crippen LogP contribution in [0, 0.1) is 0 Å². The lowest BCUT2D eigenvalue weighted by atomic mass is 10.1. The fraction of sp³-hybridized carbons (Fsp3) is 0.389. The predicted molar refractivity (Wildman–Crippen MR) is 98.5 cm³/mol. The Bertz CT molecular complexity index is 789. The smallest absolute Gasteiger partial charge is 0.244 e. The first-order valence-electron chi connectivity index (χ1n) is 8.44. The molecule has 1 aliphatic heterocycles. The van der Waals surface area contributed by atoms with Gasteiger partial charge in [-0.3, -0.25) is 14.3 Å². The number of likely N-dealkylation sites (N-methyl/N-ethyl adjacent to an activating group) is 1. The largest absolute Gasteiger partial charge is 0.335 e. The van der Waals surface area contributed by atoms with Crippen molar-refractivity contribution in [2.24, 2.45) is 7.05 Å². The third-order valence-corrected chi connectivity index (χ3v) is 4.76. The van der Waals surface area contributed by atoms with E-state index < -0.39 is 6.04 Å². The number of hydrogen-bond acceptors (Lipinski definition) is 4. The standard InChI is InChI=1S/C18H22ClN5O2/c1-20-17(14-9-21-22(2)11-14)18(26)24-8-7-23(16(25)12-24)10-13-3-5-15(19)6-4-13/h3-6,9,11,17,20H,7-8,10,12H2,1-2H3. The van der Waals surface area contributed by atoms with E-state index in [1.165, 1.54) is 0 Å². The molecule has 0 spiro atoms. The molecule has 2 aromatic rings. The van der Waals surface area contributed by atoms with Crippen molar-refractivity contribution in [2.45, 2.75) is 12.6 Å². The molecule has 0 radical (unpaired) electrons. The van der Waals surface area contributed by atoms with E-state index in [1.807, 2.05) is 24.3 Å². The maximum Gasteiger partial charge on any atom is 0.244 e. The van der Waals surface area contributed by atoms with Crippen LogP contribution in [-0.2, 0) is 23.2 Å². The average molecular weight is 376 g/mol. The molecule has 8 heteroatoms. The van der Waals surface area contributed by atoms with Crippen molar-refractivity contribution >= 4 is 23.4 Å².